The molecular formula is C10H8ClF2N3O. The van der Waals surface area contributed by atoms with Crippen molar-refractivity contribution in [1.29, 1.82) is 0 Å². The molecule has 0 spiro atoms. The highest BCUT2D eigenvalue weighted by Crippen LogP contribution is 2.21. The Kier molecular flexibility index (Phi) is 3.53. The van der Waals surface area contributed by atoms with Gasteiger partial charge in [0.1, 0.15) is 5.15 Å². The van der Waals surface area contributed by atoms with Gasteiger partial charge in [0.2, 0.25) is 5.88 Å². The van der Waals surface area contributed by atoms with Crippen molar-refractivity contribution in [3.05, 3.63) is 41.3 Å². The van der Waals surface area contributed by atoms with Gasteiger partial charge >= 0.3 is 6.61 Å². The van der Waals surface area contributed by atoms with Gasteiger partial charge in [0.05, 0.1) is 6.54 Å². The standard InChI is InChI=1S/C10H8ClF2N3O/c11-8-3-2-7(6-16-5-1-4-14-16)9(15-8)17-10(12)13/h1-5,10H,6H2. The minimum Gasteiger partial charge on any atom is -0.416 e. The summed E-state index contributed by atoms with van der Waals surface area (Å²) >= 11 is 5.62. The number of hydrogen-bond donors (Lipinski definition) is 0. The number of aromatic nitrogens is 3. The number of rotatable bonds is 4. The lowest BCUT2D eigenvalue weighted by atomic mass is 10.3. The van der Waals surface area contributed by atoms with Crippen LogP contribution in [0.1, 0.15) is 5.56 Å². The first kappa shape index (κ1) is 11.8. The van der Waals surface area contributed by atoms with Crippen molar-refractivity contribution >= 4 is 11.6 Å². The number of pyridine rings is 1. The summed E-state index contributed by atoms with van der Waals surface area (Å²) in [6.07, 6.45) is 3.30. The van der Waals surface area contributed by atoms with Crippen LogP contribution < -0.4 is 4.74 Å². The first-order chi connectivity index (χ1) is 8.15. The topological polar surface area (TPSA) is 39.9 Å². The van der Waals surface area contributed by atoms with Gasteiger partial charge in [-0.3, -0.25) is 4.68 Å². The van der Waals surface area contributed by atoms with Crippen molar-refractivity contribution in [3.8, 4) is 5.88 Å². The van der Waals surface area contributed by atoms with E-state index in [4.69, 9.17) is 11.6 Å². The molecule has 0 unspecified atom stereocenters. The maximum atomic E-state index is 12.2. The fourth-order valence-electron chi connectivity index (χ4n) is 1.32. The van der Waals surface area contributed by atoms with E-state index in [0.29, 0.717) is 12.1 Å². The van der Waals surface area contributed by atoms with Crippen LogP contribution in [0.3, 0.4) is 0 Å². The van der Waals surface area contributed by atoms with Gasteiger partial charge in [-0.15, -0.1) is 0 Å². The third-order valence-corrected chi connectivity index (χ3v) is 2.21. The Hall–Kier alpha value is -1.69. The summed E-state index contributed by atoms with van der Waals surface area (Å²) in [6.45, 7) is -2.64. The molecule has 90 valence electrons. The number of nitrogens with zero attached hydrogens (tertiary/aromatic N) is 3. The molecule has 2 rings (SSSR count). The maximum Gasteiger partial charge on any atom is 0.388 e. The molecule has 2 aromatic heterocycles. The van der Waals surface area contributed by atoms with Gasteiger partial charge in [-0.05, 0) is 18.2 Å². The number of halogens is 3. The van der Waals surface area contributed by atoms with Gasteiger partial charge < -0.3 is 4.74 Å². The SMILES string of the molecule is FC(F)Oc1nc(Cl)ccc1Cn1cccn1. The van der Waals surface area contributed by atoms with E-state index >= 15 is 0 Å². The van der Waals surface area contributed by atoms with Gasteiger partial charge in [0.25, 0.3) is 0 Å². The highest BCUT2D eigenvalue weighted by Gasteiger charge is 2.12. The van der Waals surface area contributed by atoms with Crippen LogP contribution in [0.2, 0.25) is 5.15 Å². The van der Waals surface area contributed by atoms with Gasteiger partial charge in [-0.1, -0.05) is 11.6 Å². The van der Waals surface area contributed by atoms with Crippen molar-refractivity contribution in [3.63, 3.8) is 0 Å². The van der Waals surface area contributed by atoms with Gasteiger partial charge in [0, 0.05) is 18.0 Å². The average Bonchev–Trinajstić information content (AvgIpc) is 2.74. The lowest BCUT2D eigenvalue weighted by Gasteiger charge is -2.09. The van der Waals surface area contributed by atoms with E-state index in [2.05, 4.69) is 14.8 Å². The fraction of sp³-hybridized carbons (Fsp3) is 0.200. The highest BCUT2D eigenvalue weighted by molar-refractivity contribution is 6.29. The van der Waals surface area contributed by atoms with E-state index in [-0.39, 0.29) is 11.0 Å². The summed E-state index contributed by atoms with van der Waals surface area (Å²) < 4.78 is 30.2. The minimum atomic E-state index is -2.93. The zero-order valence-corrected chi connectivity index (χ0v) is 9.31. The molecule has 17 heavy (non-hydrogen) atoms. The molecule has 2 heterocycles. The normalized spacial score (nSPS) is 10.8. The molecular weight excluding hydrogens is 252 g/mol. The molecule has 0 bridgehead atoms. The molecule has 0 N–H and O–H groups in total. The third kappa shape index (κ3) is 3.13. The Bertz CT molecular complexity index is 490. The molecule has 4 nitrogen and oxygen atoms in total. The van der Waals surface area contributed by atoms with Crippen LogP contribution in [0.5, 0.6) is 5.88 Å². The van der Waals surface area contributed by atoms with Crippen molar-refractivity contribution in [2.75, 3.05) is 0 Å². The lowest BCUT2D eigenvalue weighted by molar-refractivity contribution is -0.0535. The maximum absolute atomic E-state index is 12.2. The first-order valence-corrected chi connectivity index (χ1v) is 5.10. The smallest absolute Gasteiger partial charge is 0.388 e. The average molecular weight is 260 g/mol. The van der Waals surface area contributed by atoms with Gasteiger partial charge in [-0.25, -0.2) is 4.98 Å². The molecule has 0 amide bonds. The molecule has 7 heteroatoms. The van der Waals surface area contributed by atoms with Crippen LogP contribution in [0.25, 0.3) is 0 Å². The van der Waals surface area contributed by atoms with E-state index in [0.717, 1.165) is 0 Å². The fourth-order valence-corrected chi connectivity index (χ4v) is 1.46. The third-order valence-electron chi connectivity index (χ3n) is 2.00. The summed E-state index contributed by atoms with van der Waals surface area (Å²) in [4.78, 5) is 3.72. The minimum absolute atomic E-state index is 0.102. The quantitative estimate of drug-likeness (QED) is 0.793. The molecule has 0 saturated heterocycles. The number of hydrogen-bond acceptors (Lipinski definition) is 3. The van der Waals surface area contributed by atoms with Crippen LogP contribution in [0.15, 0.2) is 30.6 Å². The molecule has 0 fully saturated rings. The summed E-state index contributed by atoms with van der Waals surface area (Å²) in [5.41, 5.74) is 0.485. The second-order valence-corrected chi connectivity index (χ2v) is 3.57. The second kappa shape index (κ2) is 5.09. The zero-order chi connectivity index (χ0) is 12.3. The Labute approximate surface area is 101 Å². The molecule has 0 aliphatic carbocycles. The summed E-state index contributed by atoms with van der Waals surface area (Å²) in [7, 11) is 0. The number of ether oxygens (including phenoxy) is 1. The molecule has 0 aromatic carbocycles. The van der Waals surface area contributed by atoms with Crippen molar-refractivity contribution in [2.45, 2.75) is 13.2 Å². The molecule has 0 saturated carbocycles. The Morgan fingerprint density at radius 3 is 2.88 bits per heavy atom. The van der Waals surface area contributed by atoms with Crippen LogP contribution in [-0.4, -0.2) is 21.4 Å². The highest BCUT2D eigenvalue weighted by atomic mass is 35.5. The zero-order valence-electron chi connectivity index (χ0n) is 8.55. The van der Waals surface area contributed by atoms with Crippen LogP contribution in [0.4, 0.5) is 8.78 Å². The van der Waals surface area contributed by atoms with E-state index in [1.54, 1.807) is 29.2 Å². The molecule has 0 aliphatic rings. The van der Waals surface area contributed by atoms with Crippen molar-refractivity contribution < 1.29 is 13.5 Å². The van der Waals surface area contributed by atoms with Crippen LogP contribution in [0, 0.1) is 0 Å². The summed E-state index contributed by atoms with van der Waals surface area (Å²) in [6, 6.07) is 4.82. The van der Waals surface area contributed by atoms with Crippen LogP contribution >= 0.6 is 11.6 Å². The Morgan fingerprint density at radius 1 is 1.41 bits per heavy atom. The molecule has 2 aromatic rings. The van der Waals surface area contributed by atoms with Crippen LogP contribution in [-0.2, 0) is 6.54 Å². The van der Waals surface area contributed by atoms with E-state index in [1.807, 2.05) is 0 Å². The van der Waals surface area contributed by atoms with Crippen molar-refractivity contribution in [1.82, 2.24) is 14.8 Å². The van der Waals surface area contributed by atoms with E-state index in [9.17, 15) is 8.78 Å². The molecule has 0 radical (unpaired) electrons. The van der Waals surface area contributed by atoms with E-state index < -0.39 is 6.61 Å². The first-order valence-electron chi connectivity index (χ1n) is 4.73. The van der Waals surface area contributed by atoms with E-state index in [1.165, 1.54) is 6.07 Å². The lowest BCUT2D eigenvalue weighted by Crippen LogP contribution is -2.09. The monoisotopic (exact) mass is 259 g/mol. The predicted molar refractivity (Wildman–Crippen MR) is 57.2 cm³/mol. The summed E-state index contributed by atoms with van der Waals surface area (Å²) in [5.74, 6) is -0.178. The second-order valence-electron chi connectivity index (χ2n) is 3.18. The number of alkyl halides is 2. The van der Waals surface area contributed by atoms with Gasteiger partial charge in [-0.2, -0.15) is 13.9 Å². The Balaban J connectivity index is 2.25. The molecule has 0 aliphatic heterocycles. The predicted octanol–water partition coefficient (Wildman–Crippen LogP) is 2.58. The van der Waals surface area contributed by atoms with Gasteiger partial charge in [0.15, 0.2) is 0 Å². The largest absolute Gasteiger partial charge is 0.416 e. The Morgan fingerprint density at radius 2 is 2.24 bits per heavy atom. The van der Waals surface area contributed by atoms with Crippen molar-refractivity contribution in [2.24, 2.45) is 0 Å². The summed E-state index contributed by atoms with van der Waals surface area (Å²) in [5, 5.41) is 4.07. The molecule has 0 atom stereocenters.